The van der Waals surface area contributed by atoms with Crippen molar-refractivity contribution in [2.75, 3.05) is 44.4 Å². The van der Waals surface area contributed by atoms with Crippen LogP contribution in [0.2, 0.25) is 0 Å². The number of aliphatic imine (C=N–C) groups is 1. The molecule has 0 bridgehead atoms. The first-order chi connectivity index (χ1) is 14.6. The van der Waals surface area contributed by atoms with Crippen LogP contribution in [0.3, 0.4) is 0 Å². The van der Waals surface area contributed by atoms with Crippen LogP contribution in [0.5, 0.6) is 0 Å². The van der Waals surface area contributed by atoms with Crippen molar-refractivity contribution < 1.29 is 4.74 Å². The van der Waals surface area contributed by atoms with Gasteiger partial charge in [-0.05, 0) is 55.5 Å². The van der Waals surface area contributed by atoms with Crippen molar-refractivity contribution in [1.82, 2.24) is 15.2 Å². The Morgan fingerprint density at radius 3 is 2.74 bits per heavy atom. The summed E-state index contributed by atoms with van der Waals surface area (Å²) in [6.45, 7) is 8.97. The minimum absolute atomic E-state index is 0. The molecule has 0 amide bonds. The van der Waals surface area contributed by atoms with Crippen LogP contribution in [0.1, 0.15) is 25.0 Å². The van der Waals surface area contributed by atoms with E-state index in [1.54, 1.807) is 11.8 Å². The van der Waals surface area contributed by atoms with Gasteiger partial charge in [0.2, 0.25) is 0 Å². The van der Waals surface area contributed by atoms with Gasteiger partial charge >= 0.3 is 0 Å². The molecule has 1 saturated heterocycles. The fourth-order valence-corrected chi connectivity index (χ4v) is 3.88. The Morgan fingerprint density at radius 2 is 2.06 bits per heavy atom. The molecule has 1 aliphatic rings. The highest BCUT2D eigenvalue weighted by Crippen LogP contribution is 2.18. The van der Waals surface area contributed by atoms with Gasteiger partial charge in [0.15, 0.2) is 5.96 Å². The second-order valence-corrected chi connectivity index (χ2v) is 8.40. The maximum absolute atomic E-state index is 5.65. The molecule has 2 aromatic rings. The highest BCUT2D eigenvalue weighted by molar-refractivity contribution is 14.0. The minimum atomic E-state index is 0. The average molecular weight is 556 g/mol. The fourth-order valence-electron chi connectivity index (χ4n) is 3.47. The molecule has 3 rings (SSSR count). The van der Waals surface area contributed by atoms with Crippen molar-refractivity contribution in [2.45, 2.75) is 37.9 Å². The average Bonchev–Trinajstić information content (AvgIpc) is 2.77. The van der Waals surface area contributed by atoms with E-state index in [4.69, 9.17) is 9.73 Å². The fraction of sp³-hybridized carbons (Fsp3) is 0.478. The van der Waals surface area contributed by atoms with Crippen molar-refractivity contribution in [2.24, 2.45) is 4.99 Å². The van der Waals surface area contributed by atoms with Gasteiger partial charge in [0, 0.05) is 44.3 Å². The number of thioether (sulfide) groups is 1. The Balaban J connectivity index is 0.00000341. The van der Waals surface area contributed by atoms with Crippen LogP contribution in [0.15, 0.2) is 52.5 Å². The molecule has 1 aromatic carbocycles. The summed E-state index contributed by atoms with van der Waals surface area (Å²) in [5, 5.41) is 3.41. The van der Waals surface area contributed by atoms with Crippen LogP contribution in [-0.2, 0) is 17.8 Å². The molecule has 31 heavy (non-hydrogen) atoms. The summed E-state index contributed by atoms with van der Waals surface area (Å²) in [5.41, 5.74) is 2.43. The summed E-state index contributed by atoms with van der Waals surface area (Å²) in [6, 6.07) is 12.9. The monoisotopic (exact) mass is 555 g/mol. The normalized spacial score (nSPS) is 16.6. The number of pyridine rings is 1. The molecule has 2 heterocycles. The van der Waals surface area contributed by atoms with E-state index >= 15 is 0 Å². The van der Waals surface area contributed by atoms with Gasteiger partial charge in [-0.1, -0.05) is 12.1 Å². The van der Waals surface area contributed by atoms with E-state index in [0.717, 1.165) is 50.1 Å². The van der Waals surface area contributed by atoms with Crippen LogP contribution in [-0.4, -0.2) is 61.5 Å². The molecule has 0 spiro atoms. The zero-order valence-corrected chi connectivity index (χ0v) is 22.0. The number of benzene rings is 1. The van der Waals surface area contributed by atoms with E-state index in [1.165, 1.54) is 10.5 Å². The molecular weight excluding hydrogens is 521 g/mol. The van der Waals surface area contributed by atoms with Crippen molar-refractivity contribution >= 4 is 47.5 Å². The molecule has 6 nitrogen and oxygen atoms in total. The third-order valence-electron chi connectivity index (χ3n) is 5.06. The molecule has 1 fully saturated rings. The van der Waals surface area contributed by atoms with Crippen molar-refractivity contribution in [3.8, 4) is 0 Å². The van der Waals surface area contributed by atoms with Crippen molar-refractivity contribution in [1.29, 1.82) is 0 Å². The van der Waals surface area contributed by atoms with E-state index in [0.29, 0.717) is 6.54 Å². The highest BCUT2D eigenvalue weighted by atomic mass is 127. The lowest BCUT2D eigenvalue weighted by atomic mass is 10.2. The Kier molecular flexibility index (Phi) is 10.9. The number of hydrogen-bond donors (Lipinski definition) is 1. The smallest absolute Gasteiger partial charge is 0.194 e. The second kappa shape index (κ2) is 13.1. The van der Waals surface area contributed by atoms with Gasteiger partial charge in [0.1, 0.15) is 5.82 Å². The first kappa shape index (κ1) is 25.7. The Labute approximate surface area is 207 Å². The Morgan fingerprint density at radius 1 is 1.29 bits per heavy atom. The van der Waals surface area contributed by atoms with E-state index in [9.17, 15) is 0 Å². The van der Waals surface area contributed by atoms with Crippen molar-refractivity contribution in [3.63, 3.8) is 0 Å². The van der Waals surface area contributed by atoms with Crippen LogP contribution in [0, 0.1) is 0 Å². The van der Waals surface area contributed by atoms with E-state index in [-0.39, 0.29) is 30.1 Å². The number of anilines is 1. The van der Waals surface area contributed by atoms with Crippen LogP contribution < -0.4 is 10.2 Å². The van der Waals surface area contributed by atoms with Crippen LogP contribution in [0.4, 0.5) is 5.82 Å². The summed E-state index contributed by atoms with van der Waals surface area (Å²) >= 11 is 1.76. The van der Waals surface area contributed by atoms with Gasteiger partial charge < -0.3 is 19.9 Å². The molecule has 170 valence electrons. The zero-order valence-electron chi connectivity index (χ0n) is 18.9. The van der Waals surface area contributed by atoms with E-state index in [1.807, 2.05) is 12.3 Å². The zero-order chi connectivity index (χ0) is 21.3. The number of ether oxygens (including phenoxy) is 1. The van der Waals surface area contributed by atoms with Crippen LogP contribution in [0.25, 0.3) is 0 Å². The molecule has 8 heteroatoms. The Hall–Kier alpha value is -1.52. The number of guanidine groups is 1. The predicted octanol–water partition coefficient (Wildman–Crippen LogP) is 4.24. The number of morpholine rings is 1. The maximum Gasteiger partial charge on any atom is 0.194 e. The first-order valence-electron chi connectivity index (χ1n) is 10.5. The number of hydrogen-bond acceptors (Lipinski definition) is 5. The van der Waals surface area contributed by atoms with Gasteiger partial charge in [-0.25, -0.2) is 9.98 Å². The third kappa shape index (κ3) is 7.84. The van der Waals surface area contributed by atoms with Gasteiger partial charge in [0.25, 0.3) is 0 Å². The lowest BCUT2D eigenvalue weighted by Crippen LogP contribution is -2.41. The molecule has 1 aliphatic heterocycles. The standard InChI is InChI=1S/C23H33N5OS.HI/c1-5-24-23(27(3)17-19-6-8-21(30-4)9-7-19)26-15-20-10-11-25-22(14-20)28-12-13-29-18(2)16-28;/h6-11,14,18H,5,12-13,15-17H2,1-4H3,(H,24,26);1H. The summed E-state index contributed by atoms with van der Waals surface area (Å²) in [4.78, 5) is 15.2. The summed E-state index contributed by atoms with van der Waals surface area (Å²) in [6.07, 6.45) is 4.21. The summed E-state index contributed by atoms with van der Waals surface area (Å²) in [7, 11) is 2.08. The first-order valence-corrected chi connectivity index (χ1v) is 11.8. The maximum atomic E-state index is 5.65. The molecule has 0 saturated carbocycles. The lowest BCUT2D eigenvalue weighted by molar-refractivity contribution is 0.0529. The molecule has 1 unspecified atom stereocenters. The summed E-state index contributed by atoms with van der Waals surface area (Å²) < 4.78 is 5.65. The Bertz CT molecular complexity index is 833. The number of nitrogens with one attached hydrogen (secondary N) is 1. The van der Waals surface area contributed by atoms with Gasteiger partial charge in [-0.2, -0.15) is 0 Å². The van der Waals surface area contributed by atoms with Gasteiger partial charge in [0.05, 0.1) is 19.3 Å². The largest absolute Gasteiger partial charge is 0.375 e. The van der Waals surface area contributed by atoms with Gasteiger partial charge in [-0.3, -0.25) is 0 Å². The van der Waals surface area contributed by atoms with E-state index in [2.05, 4.69) is 77.6 Å². The molecule has 1 aromatic heterocycles. The topological polar surface area (TPSA) is 53.0 Å². The molecule has 1 N–H and O–H groups in total. The number of rotatable bonds is 7. The third-order valence-corrected chi connectivity index (χ3v) is 5.81. The van der Waals surface area contributed by atoms with Crippen molar-refractivity contribution in [3.05, 3.63) is 53.7 Å². The molecule has 1 atom stereocenters. The number of aromatic nitrogens is 1. The molecule has 0 aliphatic carbocycles. The highest BCUT2D eigenvalue weighted by Gasteiger charge is 2.18. The van der Waals surface area contributed by atoms with Gasteiger partial charge in [-0.15, -0.1) is 35.7 Å². The lowest BCUT2D eigenvalue weighted by Gasteiger charge is -2.32. The minimum Gasteiger partial charge on any atom is -0.375 e. The predicted molar refractivity (Wildman–Crippen MR) is 142 cm³/mol. The van der Waals surface area contributed by atoms with Crippen LogP contribution >= 0.6 is 35.7 Å². The molecular formula is C23H34IN5OS. The quantitative estimate of drug-likeness (QED) is 0.239. The van der Waals surface area contributed by atoms with E-state index < -0.39 is 0 Å². The number of halogens is 1. The summed E-state index contributed by atoms with van der Waals surface area (Å²) in [5.74, 6) is 1.91. The second-order valence-electron chi connectivity index (χ2n) is 7.52. The molecule has 0 radical (unpaired) electrons. The SMILES string of the molecule is CCNC(=NCc1ccnc(N2CCOC(C)C2)c1)N(C)Cc1ccc(SC)cc1.I. The number of nitrogens with zero attached hydrogens (tertiary/aromatic N) is 4.